The summed E-state index contributed by atoms with van der Waals surface area (Å²) in [7, 11) is 0. The van der Waals surface area contributed by atoms with Gasteiger partial charge in [-0.05, 0) is 12.3 Å². The van der Waals surface area contributed by atoms with Gasteiger partial charge < -0.3 is 24.8 Å². The molecular formula is C15H17ClN2O5. The molecule has 2 aliphatic rings. The van der Waals surface area contributed by atoms with Crippen molar-refractivity contribution >= 4 is 29.3 Å². The molecule has 8 heteroatoms. The highest BCUT2D eigenvalue weighted by molar-refractivity contribution is 6.34. The first-order valence-corrected chi connectivity index (χ1v) is 7.69. The number of ether oxygens (including phenoxy) is 2. The van der Waals surface area contributed by atoms with E-state index in [4.69, 9.17) is 21.1 Å². The van der Waals surface area contributed by atoms with E-state index >= 15 is 0 Å². The Hall–Kier alpha value is -2.15. The quantitative estimate of drug-likeness (QED) is 0.864. The third-order valence-corrected chi connectivity index (χ3v) is 4.31. The molecule has 0 radical (unpaired) electrons. The van der Waals surface area contributed by atoms with Crippen molar-refractivity contribution in [3.05, 3.63) is 17.2 Å². The average Bonchev–Trinajstić information content (AvgIpc) is 2.93. The lowest BCUT2D eigenvalue weighted by molar-refractivity contribution is -0.143. The minimum absolute atomic E-state index is 0.118. The van der Waals surface area contributed by atoms with E-state index in [-0.39, 0.29) is 25.3 Å². The fraction of sp³-hybridized carbons (Fsp3) is 0.467. The number of fused-ring (bicyclic) bond motifs is 1. The van der Waals surface area contributed by atoms with Crippen LogP contribution in [0, 0.1) is 11.8 Å². The van der Waals surface area contributed by atoms with Gasteiger partial charge in [-0.15, -0.1) is 0 Å². The van der Waals surface area contributed by atoms with Crippen LogP contribution in [0.1, 0.15) is 13.3 Å². The summed E-state index contributed by atoms with van der Waals surface area (Å²) in [6, 6.07) is 2.81. The van der Waals surface area contributed by atoms with Crippen LogP contribution in [-0.4, -0.2) is 41.9 Å². The number of hydrogen-bond donors (Lipinski definition) is 2. The number of nitrogens with zero attached hydrogens (tertiary/aromatic N) is 1. The zero-order valence-electron chi connectivity index (χ0n) is 12.5. The number of halogens is 1. The molecule has 124 valence electrons. The van der Waals surface area contributed by atoms with Crippen molar-refractivity contribution < 1.29 is 24.2 Å². The zero-order valence-corrected chi connectivity index (χ0v) is 13.3. The molecule has 1 saturated heterocycles. The molecule has 3 rings (SSSR count). The maximum Gasteiger partial charge on any atom is 0.321 e. The maximum absolute atomic E-state index is 12.4. The van der Waals surface area contributed by atoms with Crippen LogP contribution in [0.25, 0.3) is 0 Å². The number of carbonyl (C=O) groups is 2. The van der Waals surface area contributed by atoms with Gasteiger partial charge in [0.05, 0.1) is 16.6 Å². The molecule has 2 heterocycles. The third-order valence-electron chi connectivity index (χ3n) is 4.00. The molecule has 2 atom stereocenters. The maximum atomic E-state index is 12.4. The minimum atomic E-state index is -0.879. The van der Waals surface area contributed by atoms with Crippen LogP contribution < -0.4 is 14.8 Å². The summed E-state index contributed by atoms with van der Waals surface area (Å²) in [6.45, 7) is 2.75. The Morgan fingerprint density at radius 1 is 1.30 bits per heavy atom. The summed E-state index contributed by atoms with van der Waals surface area (Å²) >= 11 is 6.14. The summed E-state index contributed by atoms with van der Waals surface area (Å²) in [5.74, 6) is -0.249. The summed E-state index contributed by atoms with van der Waals surface area (Å²) in [6.07, 6.45) is 0.573. The predicted octanol–water partition coefficient (Wildman–Crippen LogP) is 2.64. The van der Waals surface area contributed by atoms with Crippen molar-refractivity contribution in [2.45, 2.75) is 13.3 Å². The standard InChI is InChI=1S/C15H17ClN2O5/c1-8-2-9(14(19)20)6-18(5-8)15(21)17-11-4-13-12(3-10(11)16)22-7-23-13/h3-4,8-9H,2,5-7H2,1H3,(H,17,21)(H,19,20). The van der Waals surface area contributed by atoms with Crippen molar-refractivity contribution in [2.75, 3.05) is 25.2 Å². The normalized spacial score (nSPS) is 22.8. The second kappa shape index (κ2) is 6.16. The Bertz CT molecular complexity index is 651. The van der Waals surface area contributed by atoms with Crippen LogP contribution in [0.5, 0.6) is 11.5 Å². The van der Waals surface area contributed by atoms with Gasteiger partial charge in [-0.2, -0.15) is 0 Å². The van der Waals surface area contributed by atoms with Crippen molar-refractivity contribution in [1.82, 2.24) is 4.90 Å². The molecule has 2 amide bonds. The molecule has 2 N–H and O–H groups in total. The third kappa shape index (κ3) is 3.29. The number of piperidine rings is 1. The van der Waals surface area contributed by atoms with Crippen molar-refractivity contribution in [1.29, 1.82) is 0 Å². The minimum Gasteiger partial charge on any atom is -0.481 e. The van der Waals surface area contributed by atoms with Gasteiger partial charge in [0.2, 0.25) is 6.79 Å². The zero-order chi connectivity index (χ0) is 16.6. The van der Waals surface area contributed by atoms with Crippen LogP contribution >= 0.6 is 11.6 Å². The van der Waals surface area contributed by atoms with E-state index in [9.17, 15) is 14.7 Å². The second-order valence-corrected chi connectivity index (χ2v) is 6.30. The Morgan fingerprint density at radius 3 is 2.70 bits per heavy atom. The Labute approximate surface area is 138 Å². The van der Waals surface area contributed by atoms with E-state index in [2.05, 4.69) is 5.32 Å². The van der Waals surface area contributed by atoms with Crippen LogP contribution in [0.3, 0.4) is 0 Å². The molecule has 2 unspecified atom stereocenters. The molecule has 0 aliphatic carbocycles. The number of aliphatic carboxylic acids is 1. The summed E-state index contributed by atoms with van der Waals surface area (Å²) < 4.78 is 10.5. The first kappa shape index (κ1) is 15.7. The molecule has 0 bridgehead atoms. The molecule has 1 aromatic rings. The predicted molar refractivity (Wildman–Crippen MR) is 83.1 cm³/mol. The van der Waals surface area contributed by atoms with Crippen molar-refractivity contribution in [3.8, 4) is 11.5 Å². The monoisotopic (exact) mass is 340 g/mol. The van der Waals surface area contributed by atoms with Crippen molar-refractivity contribution in [3.63, 3.8) is 0 Å². The Balaban J connectivity index is 1.73. The van der Waals surface area contributed by atoms with E-state index in [1.54, 1.807) is 12.1 Å². The molecule has 1 fully saturated rings. The molecule has 7 nitrogen and oxygen atoms in total. The van der Waals surface area contributed by atoms with E-state index < -0.39 is 11.9 Å². The number of likely N-dealkylation sites (tertiary alicyclic amines) is 1. The number of anilines is 1. The SMILES string of the molecule is CC1CC(C(=O)O)CN(C(=O)Nc2cc3c(cc2Cl)OCO3)C1. The molecule has 1 aromatic carbocycles. The van der Waals surface area contributed by atoms with Gasteiger partial charge in [0.1, 0.15) is 0 Å². The second-order valence-electron chi connectivity index (χ2n) is 5.90. The molecule has 0 aromatic heterocycles. The van der Waals surface area contributed by atoms with Gasteiger partial charge in [0.25, 0.3) is 0 Å². The van der Waals surface area contributed by atoms with Crippen LogP contribution in [0.4, 0.5) is 10.5 Å². The number of rotatable bonds is 2. The molecule has 0 saturated carbocycles. The van der Waals surface area contributed by atoms with Gasteiger partial charge in [0, 0.05) is 25.2 Å². The summed E-state index contributed by atoms with van der Waals surface area (Å²) in [5.41, 5.74) is 0.408. The highest BCUT2D eigenvalue weighted by Gasteiger charge is 2.32. The van der Waals surface area contributed by atoms with Crippen LogP contribution in [0.2, 0.25) is 5.02 Å². The highest BCUT2D eigenvalue weighted by atomic mass is 35.5. The van der Waals surface area contributed by atoms with Gasteiger partial charge in [0.15, 0.2) is 11.5 Å². The number of amides is 2. The number of carbonyl (C=O) groups excluding carboxylic acids is 1. The van der Waals surface area contributed by atoms with E-state index in [1.165, 1.54) is 4.90 Å². The first-order chi connectivity index (χ1) is 10.9. The first-order valence-electron chi connectivity index (χ1n) is 7.32. The molecule has 2 aliphatic heterocycles. The Kier molecular flexibility index (Phi) is 4.21. The number of carboxylic acids is 1. The number of benzene rings is 1. The molecule has 23 heavy (non-hydrogen) atoms. The van der Waals surface area contributed by atoms with Crippen molar-refractivity contribution in [2.24, 2.45) is 11.8 Å². The lowest BCUT2D eigenvalue weighted by Gasteiger charge is -2.34. The van der Waals surface area contributed by atoms with E-state index in [0.717, 1.165) is 0 Å². The fourth-order valence-corrected chi connectivity index (χ4v) is 3.10. The molecule has 0 spiro atoms. The van der Waals surface area contributed by atoms with Crippen LogP contribution in [-0.2, 0) is 4.79 Å². The summed E-state index contributed by atoms with van der Waals surface area (Å²) in [4.78, 5) is 25.1. The highest BCUT2D eigenvalue weighted by Crippen LogP contribution is 2.39. The van der Waals surface area contributed by atoms with Gasteiger partial charge in [-0.3, -0.25) is 4.79 Å². The van der Waals surface area contributed by atoms with Gasteiger partial charge >= 0.3 is 12.0 Å². The number of nitrogens with one attached hydrogen (secondary N) is 1. The topological polar surface area (TPSA) is 88.1 Å². The average molecular weight is 341 g/mol. The summed E-state index contributed by atoms with van der Waals surface area (Å²) in [5, 5.41) is 12.2. The van der Waals surface area contributed by atoms with Gasteiger partial charge in [-0.1, -0.05) is 18.5 Å². The lowest BCUT2D eigenvalue weighted by Crippen LogP contribution is -2.47. The number of carboxylic acid groups (broad SMARTS) is 1. The fourth-order valence-electron chi connectivity index (χ4n) is 2.90. The number of urea groups is 1. The smallest absolute Gasteiger partial charge is 0.321 e. The number of hydrogen-bond acceptors (Lipinski definition) is 4. The van der Waals surface area contributed by atoms with E-state index in [1.807, 2.05) is 6.92 Å². The Morgan fingerprint density at radius 2 is 2.00 bits per heavy atom. The lowest BCUT2D eigenvalue weighted by atomic mass is 9.91. The van der Waals surface area contributed by atoms with E-state index in [0.29, 0.717) is 35.2 Å². The van der Waals surface area contributed by atoms with Crippen LogP contribution in [0.15, 0.2) is 12.1 Å². The largest absolute Gasteiger partial charge is 0.481 e. The van der Waals surface area contributed by atoms with Gasteiger partial charge in [-0.25, -0.2) is 4.79 Å². The molecular weight excluding hydrogens is 324 g/mol.